The second kappa shape index (κ2) is 13.3. The van der Waals surface area contributed by atoms with E-state index in [0.717, 1.165) is 47.1 Å². The molecule has 2 aliphatic rings. The van der Waals surface area contributed by atoms with Crippen LogP contribution in [0.1, 0.15) is 55.2 Å². The summed E-state index contributed by atoms with van der Waals surface area (Å²) in [4.78, 5) is 33.8. The predicted octanol–water partition coefficient (Wildman–Crippen LogP) is 6.73. The number of thiazole rings is 1. The minimum absolute atomic E-state index is 0.0152. The van der Waals surface area contributed by atoms with Crippen molar-refractivity contribution in [1.82, 2.24) is 9.88 Å². The topological polar surface area (TPSA) is 68.7 Å². The van der Waals surface area contributed by atoms with Gasteiger partial charge in [-0.3, -0.25) is 4.79 Å². The molecule has 0 unspecified atom stereocenters. The van der Waals surface area contributed by atoms with E-state index in [0.29, 0.717) is 24.0 Å². The van der Waals surface area contributed by atoms with E-state index < -0.39 is 5.97 Å². The fourth-order valence-electron chi connectivity index (χ4n) is 5.78. The number of carbonyl (C=O) groups is 2. The minimum atomic E-state index is -0.429. The van der Waals surface area contributed by atoms with E-state index in [9.17, 15) is 9.59 Å². The predicted molar refractivity (Wildman–Crippen MR) is 159 cm³/mol. The zero-order valence-corrected chi connectivity index (χ0v) is 24.3. The van der Waals surface area contributed by atoms with Crippen LogP contribution in [0.4, 0.5) is 0 Å². The smallest absolute Gasteiger partial charge is 0.334 e. The molecule has 5 rings (SSSR count). The highest BCUT2D eigenvalue weighted by Crippen LogP contribution is 2.36. The lowest BCUT2D eigenvalue weighted by molar-refractivity contribution is -0.140. The van der Waals surface area contributed by atoms with Gasteiger partial charge in [0.2, 0.25) is 5.91 Å². The van der Waals surface area contributed by atoms with Crippen molar-refractivity contribution in [3.05, 3.63) is 76.3 Å². The van der Waals surface area contributed by atoms with Gasteiger partial charge in [0.05, 0.1) is 25.3 Å². The lowest BCUT2D eigenvalue weighted by Gasteiger charge is -2.22. The average molecular weight is 559 g/mol. The van der Waals surface area contributed by atoms with Gasteiger partial charge in [0.25, 0.3) is 0 Å². The van der Waals surface area contributed by atoms with Crippen LogP contribution in [0.2, 0.25) is 0 Å². The summed E-state index contributed by atoms with van der Waals surface area (Å²) in [5.41, 5.74) is 3.42. The molecular weight excluding hydrogens is 520 g/mol. The lowest BCUT2D eigenvalue weighted by atomic mass is 9.82. The van der Waals surface area contributed by atoms with Gasteiger partial charge in [0.15, 0.2) is 0 Å². The van der Waals surface area contributed by atoms with E-state index in [1.807, 2.05) is 47.4 Å². The molecule has 0 radical (unpaired) electrons. The number of hydrogen-bond donors (Lipinski definition) is 0. The number of fused-ring (bicyclic) bond motifs is 1. The first kappa shape index (κ1) is 28.1. The Balaban J connectivity index is 1.18. The number of amides is 1. The van der Waals surface area contributed by atoms with Crippen molar-refractivity contribution in [2.24, 2.45) is 11.8 Å². The number of aryl methyl sites for hydroxylation is 1. The van der Waals surface area contributed by atoms with Crippen molar-refractivity contribution < 1.29 is 19.1 Å². The Morgan fingerprint density at radius 3 is 2.40 bits per heavy atom. The first-order valence-electron chi connectivity index (χ1n) is 14.4. The number of ether oxygens (including phenoxy) is 2. The zero-order valence-electron chi connectivity index (χ0n) is 23.4. The van der Waals surface area contributed by atoms with Crippen LogP contribution < -0.4 is 4.74 Å². The van der Waals surface area contributed by atoms with Crippen LogP contribution in [-0.2, 0) is 20.7 Å². The molecule has 3 aromatic rings. The van der Waals surface area contributed by atoms with Gasteiger partial charge in [-0.25, -0.2) is 9.78 Å². The maximum atomic E-state index is 13.1. The standard InChI is InChI=1S/C33H38N2O4S/c1-3-38-33(37)28(20-31(36)35-21-26-11-7-8-12-27(26)22-35)19-24-13-15-29(16-14-24)39-18-17-30-23(2)40-32(34-30)25-9-5-4-6-10-25/h4-6,9-10,13-16,19,26-27H,3,7-8,11-12,17-18,20-22H2,1-2H3/b28-19+/t26-,27+. The molecule has 0 N–H and O–H groups in total. The number of likely N-dealkylation sites (tertiary alicyclic amines) is 1. The largest absolute Gasteiger partial charge is 0.493 e. The Kier molecular flexibility index (Phi) is 9.32. The monoisotopic (exact) mass is 558 g/mol. The number of benzene rings is 2. The molecule has 0 bridgehead atoms. The molecular formula is C33H38N2O4S. The van der Waals surface area contributed by atoms with E-state index in [4.69, 9.17) is 14.5 Å². The molecule has 1 amide bonds. The Labute approximate surface area is 241 Å². The third kappa shape index (κ3) is 7.00. The Morgan fingerprint density at radius 1 is 1.02 bits per heavy atom. The van der Waals surface area contributed by atoms with Crippen LogP contribution in [0.15, 0.2) is 60.2 Å². The molecule has 1 saturated carbocycles. The molecule has 2 atom stereocenters. The van der Waals surface area contributed by atoms with Gasteiger partial charge in [0.1, 0.15) is 10.8 Å². The SMILES string of the molecule is CCOC(=O)/C(=C/c1ccc(OCCc2nc(-c3ccccc3)sc2C)cc1)CC(=O)N1C[C@H]2CCCC[C@H]2C1. The second-order valence-corrected chi connectivity index (χ2v) is 11.9. The van der Waals surface area contributed by atoms with Crippen molar-refractivity contribution >= 4 is 29.3 Å². The van der Waals surface area contributed by atoms with E-state index in [2.05, 4.69) is 19.1 Å². The van der Waals surface area contributed by atoms with Gasteiger partial charge >= 0.3 is 5.97 Å². The van der Waals surface area contributed by atoms with Crippen molar-refractivity contribution in [2.45, 2.75) is 52.4 Å². The molecule has 1 saturated heterocycles. The summed E-state index contributed by atoms with van der Waals surface area (Å²) in [5, 5.41) is 1.03. The summed E-state index contributed by atoms with van der Waals surface area (Å²) in [7, 11) is 0. The van der Waals surface area contributed by atoms with Gasteiger partial charge in [-0.15, -0.1) is 11.3 Å². The van der Waals surface area contributed by atoms with Crippen LogP contribution >= 0.6 is 11.3 Å². The van der Waals surface area contributed by atoms with E-state index in [1.54, 1.807) is 24.3 Å². The normalized spacial score (nSPS) is 18.9. The average Bonchev–Trinajstić information content (AvgIpc) is 3.58. The number of carbonyl (C=O) groups excluding carboxylic acids is 2. The first-order valence-corrected chi connectivity index (χ1v) is 15.2. The molecule has 0 spiro atoms. The van der Waals surface area contributed by atoms with Crippen LogP contribution in [0.5, 0.6) is 5.75 Å². The summed E-state index contributed by atoms with van der Waals surface area (Å²) in [6.45, 7) is 6.32. The maximum absolute atomic E-state index is 13.1. The molecule has 1 aliphatic carbocycles. The number of aromatic nitrogens is 1. The highest BCUT2D eigenvalue weighted by atomic mass is 32.1. The van der Waals surface area contributed by atoms with Crippen LogP contribution in [0.3, 0.4) is 0 Å². The van der Waals surface area contributed by atoms with E-state index in [1.165, 1.54) is 30.6 Å². The molecule has 40 heavy (non-hydrogen) atoms. The maximum Gasteiger partial charge on any atom is 0.334 e. The van der Waals surface area contributed by atoms with Gasteiger partial charge < -0.3 is 14.4 Å². The fourth-order valence-corrected chi connectivity index (χ4v) is 6.75. The highest BCUT2D eigenvalue weighted by Gasteiger charge is 2.36. The van der Waals surface area contributed by atoms with Gasteiger partial charge in [-0.2, -0.15) is 0 Å². The molecule has 2 aromatic carbocycles. The van der Waals surface area contributed by atoms with Crippen LogP contribution in [-0.4, -0.2) is 48.1 Å². The molecule has 7 heteroatoms. The van der Waals surface area contributed by atoms with Crippen molar-refractivity contribution in [3.8, 4) is 16.3 Å². The van der Waals surface area contributed by atoms with Crippen LogP contribution in [0.25, 0.3) is 16.6 Å². The Hall–Kier alpha value is -3.45. The van der Waals surface area contributed by atoms with E-state index >= 15 is 0 Å². The van der Waals surface area contributed by atoms with Gasteiger partial charge in [-0.1, -0.05) is 55.3 Å². The Bertz CT molecular complexity index is 1320. The molecule has 1 aromatic heterocycles. The summed E-state index contributed by atoms with van der Waals surface area (Å²) >= 11 is 1.71. The fraction of sp³-hybridized carbons (Fsp3) is 0.424. The van der Waals surface area contributed by atoms with E-state index in [-0.39, 0.29) is 18.9 Å². The first-order chi connectivity index (χ1) is 19.5. The van der Waals surface area contributed by atoms with Crippen molar-refractivity contribution in [3.63, 3.8) is 0 Å². The molecule has 6 nitrogen and oxygen atoms in total. The van der Waals surface area contributed by atoms with Crippen LogP contribution in [0, 0.1) is 18.8 Å². The molecule has 2 heterocycles. The van der Waals surface area contributed by atoms with Crippen molar-refractivity contribution in [1.29, 1.82) is 0 Å². The molecule has 2 fully saturated rings. The number of nitrogens with zero attached hydrogens (tertiary/aromatic N) is 2. The minimum Gasteiger partial charge on any atom is -0.493 e. The number of esters is 1. The summed E-state index contributed by atoms with van der Waals surface area (Å²) in [5.74, 6) is 1.57. The zero-order chi connectivity index (χ0) is 27.9. The second-order valence-electron chi connectivity index (χ2n) is 10.7. The Morgan fingerprint density at radius 2 is 1.73 bits per heavy atom. The van der Waals surface area contributed by atoms with Crippen molar-refractivity contribution in [2.75, 3.05) is 26.3 Å². The summed E-state index contributed by atoms with van der Waals surface area (Å²) in [6, 6.07) is 17.8. The quantitative estimate of drug-likeness (QED) is 0.204. The third-order valence-corrected chi connectivity index (χ3v) is 9.01. The third-order valence-electron chi connectivity index (χ3n) is 7.95. The lowest BCUT2D eigenvalue weighted by Crippen LogP contribution is -2.30. The number of rotatable bonds is 10. The molecule has 210 valence electrons. The number of hydrogen-bond acceptors (Lipinski definition) is 6. The highest BCUT2D eigenvalue weighted by molar-refractivity contribution is 7.15. The molecule has 1 aliphatic heterocycles. The van der Waals surface area contributed by atoms with Gasteiger partial charge in [-0.05, 0) is 62.3 Å². The van der Waals surface area contributed by atoms with Gasteiger partial charge in [0, 0.05) is 35.5 Å². The summed E-state index contributed by atoms with van der Waals surface area (Å²) < 4.78 is 11.3. The summed E-state index contributed by atoms with van der Waals surface area (Å²) in [6.07, 6.45) is 7.50.